The molecular formula is C10H8N2O2. The van der Waals surface area contributed by atoms with Crippen molar-refractivity contribution in [1.29, 1.82) is 0 Å². The van der Waals surface area contributed by atoms with Gasteiger partial charge in [-0.3, -0.25) is 4.98 Å². The van der Waals surface area contributed by atoms with E-state index in [0.29, 0.717) is 17.1 Å². The molecule has 2 rings (SSSR count). The summed E-state index contributed by atoms with van der Waals surface area (Å²) in [5, 5.41) is 0. The third-order valence-electron chi connectivity index (χ3n) is 1.71. The highest BCUT2D eigenvalue weighted by Crippen LogP contribution is 2.12. The zero-order valence-corrected chi connectivity index (χ0v) is 7.60. The monoisotopic (exact) mass is 188 g/mol. The van der Waals surface area contributed by atoms with Gasteiger partial charge in [0.1, 0.15) is 0 Å². The SMILES string of the molecule is Cc1cc(=O)oc(-c2cccnc2)n1. The average Bonchev–Trinajstić information content (AvgIpc) is 2.18. The average molecular weight is 188 g/mol. The first-order valence-electron chi connectivity index (χ1n) is 4.15. The van der Waals surface area contributed by atoms with Gasteiger partial charge in [0.2, 0.25) is 5.89 Å². The van der Waals surface area contributed by atoms with Gasteiger partial charge < -0.3 is 4.42 Å². The van der Waals surface area contributed by atoms with Crippen molar-refractivity contribution >= 4 is 0 Å². The Morgan fingerprint density at radius 1 is 1.43 bits per heavy atom. The Kier molecular flexibility index (Phi) is 2.10. The van der Waals surface area contributed by atoms with E-state index in [-0.39, 0.29) is 0 Å². The van der Waals surface area contributed by atoms with Gasteiger partial charge in [-0.1, -0.05) is 0 Å². The molecule has 0 aliphatic heterocycles. The van der Waals surface area contributed by atoms with Crippen LogP contribution in [0, 0.1) is 6.92 Å². The number of nitrogens with zero attached hydrogens (tertiary/aromatic N) is 2. The fourth-order valence-corrected chi connectivity index (χ4v) is 1.12. The van der Waals surface area contributed by atoms with Crippen molar-refractivity contribution in [2.24, 2.45) is 0 Å². The molecule has 0 aliphatic carbocycles. The number of hydrogen-bond donors (Lipinski definition) is 0. The van der Waals surface area contributed by atoms with Crippen LogP contribution in [0.15, 0.2) is 39.8 Å². The van der Waals surface area contributed by atoms with E-state index in [0.717, 1.165) is 0 Å². The van der Waals surface area contributed by atoms with Crippen molar-refractivity contribution < 1.29 is 4.42 Å². The first-order chi connectivity index (χ1) is 6.75. The van der Waals surface area contributed by atoms with Crippen molar-refractivity contribution in [3.63, 3.8) is 0 Å². The van der Waals surface area contributed by atoms with Crippen LogP contribution >= 0.6 is 0 Å². The zero-order chi connectivity index (χ0) is 9.97. The van der Waals surface area contributed by atoms with Crippen LogP contribution in [-0.4, -0.2) is 9.97 Å². The van der Waals surface area contributed by atoms with E-state index in [4.69, 9.17) is 4.42 Å². The van der Waals surface area contributed by atoms with Gasteiger partial charge in [0.15, 0.2) is 0 Å². The third-order valence-corrected chi connectivity index (χ3v) is 1.71. The standard InChI is InChI=1S/C10H8N2O2/c1-7-5-9(13)14-10(12-7)8-3-2-4-11-6-8/h2-6H,1H3. The summed E-state index contributed by atoms with van der Waals surface area (Å²) < 4.78 is 4.94. The predicted octanol–water partition coefficient (Wildman–Crippen LogP) is 1.41. The largest absolute Gasteiger partial charge is 0.404 e. The molecule has 0 saturated heterocycles. The van der Waals surface area contributed by atoms with E-state index >= 15 is 0 Å². The van der Waals surface area contributed by atoms with Gasteiger partial charge in [0.25, 0.3) is 0 Å². The van der Waals surface area contributed by atoms with Crippen LogP contribution in [-0.2, 0) is 0 Å². The fourth-order valence-electron chi connectivity index (χ4n) is 1.12. The quantitative estimate of drug-likeness (QED) is 0.678. The smallest absolute Gasteiger partial charge is 0.339 e. The Morgan fingerprint density at radius 3 is 2.93 bits per heavy atom. The van der Waals surface area contributed by atoms with Gasteiger partial charge in [0, 0.05) is 24.2 Å². The van der Waals surface area contributed by atoms with Crippen LogP contribution in [0.3, 0.4) is 0 Å². The van der Waals surface area contributed by atoms with E-state index in [1.165, 1.54) is 6.07 Å². The predicted molar refractivity (Wildman–Crippen MR) is 50.7 cm³/mol. The van der Waals surface area contributed by atoms with Crippen molar-refractivity contribution in [3.05, 3.63) is 46.7 Å². The highest BCUT2D eigenvalue weighted by Gasteiger charge is 2.03. The minimum Gasteiger partial charge on any atom is -0.404 e. The minimum atomic E-state index is -0.392. The molecule has 2 aromatic heterocycles. The van der Waals surface area contributed by atoms with Crippen LogP contribution in [0.2, 0.25) is 0 Å². The molecule has 0 atom stereocenters. The Hall–Kier alpha value is -1.97. The summed E-state index contributed by atoms with van der Waals surface area (Å²) in [4.78, 5) is 19.1. The maximum Gasteiger partial charge on any atom is 0.339 e. The maximum absolute atomic E-state index is 11.1. The number of rotatable bonds is 1. The summed E-state index contributed by atoms with van der Waals surface area (Å²) in [5.74, 6) is 0.308. The molecule has 0 bridgehead atoms. The van der Waals surface area contributed by atoms with Gasteiger partial charge in [-0.15, -0.1) is 0 Å². The number of aromatic nitrogens is 2. The summed E-state index contributed by atoms with van der Waals surface area (Å²) >= 11 is 0. The molecule has 0 spiro atoms. The van der Waals surface area contributed by atoms with Crippen molar-refractivity contribution in [2.75, 3.05) is 0 Å². The number of hydrogen-bond acceptors (Lipinski definition) is 4. The molecule has 0 unspecified atom stereocenters. The lowest BCUT2D eigenvalue weighted by molar-refractivity contribution is 0.504. The molecule has 2 aromatic rings. The molecule has 4 nitrogen and oxygen atoms in total. The third kappa shape index (κ3) is 1.69. The fraction of sp³-hybridized carbons (Fsp3) is 0.100. The number of aryl methyl sites for hydroxylation is 1. The Bertz CT molecular complexity index is 491. The molecule has 0 radical (unpaired) electrons. The summed E-state index contributed by atoms with van der Waals surface area (Å²) in [6, 6.07) is 4.90. The second-order valence-corrected chi connectivity index (χ2v) is 2.87. The van der Waals surface area contributed by atoms with E-state index < -0.39 is 5.63 Å². The first kappa shape index (κ1) is 8.62. The normalized spacial score (nSPS) is 10.1. The van der Waals surface area contributed by atoms with Crippen molar-refractivity contribution in [2.45, 2.75) is 6.92 Å². The summed E-state index contributed by atoms with van der Waals surface area (Å²) in [6.07, 6.45) is 3.25. The molecule has 0 amide bonds. The molecule has 0 aliphatic rings. The molecule has 2 heterocycles. The van der Waals surface area contributed by atoms with Crippen LogP contribution < -0.4 is 5.63 Å². The van der Waals surface area contributed by atoms with Crippen LogP contribution in [0.25, 0.3) is 11.5 Å². The molecule has 0 fully saturated rings. The Balaban J connectivity index is 2.58. The van der Waals surface area contributed by atoms with Crippen LogP contribution in [0.5, 0.6) is 0 Å². The topological polar surface area (TPSA) is 56.0 Å². The summed E-state index contributed by atoms with van der Waals surface area (Å²) in [7, 11) is 0. The van der Waals surface area contributed by atoms with E-state index in [9.17, 15) is 4.79 Å². The highest BCUT2D eigenvalue weighted by molar-refractivity contribution is 5.50. The van der Waals surface area contributed by atoms with Gasteiger partial charge in [0.05, 0.1) is 5.56 Å². The van der Waals surface area contributed by atoms with Crippen molar-refractivity contribution in [1.82, 2.24) is 9.97 Å². The zero-order valence-electron chi connectivity index (χ0n) is 7.60. The number of pyridine rings is 1. The first-order valence-corrected chi connectivity index (χ1v) is 4.15. The van der Waals surface area contributed by atoms with Crippen LogP contribution in [0.1, 0.15) is 5.69 Å². The van der Waals surface area contributed by atoms with Gasteiger partial charge in [-0.2, -0.15) is 0 Å². The molecular weight excluding hydrogens is 180 g/mol. The molecule has 4 heteroatoms. The second kappa shape index (κ2) is 3.41. The molecule has 14 heavy (non-hydrogen) atoms. The maximum atomic E-state index is 11.1. The lowest BCUT2D eigenvalue weighted by atomic mass is 10.3. The lowest BCUT2D eigenvalue weighted by Crippen LogP contribution is -2.01. The Morgan fingerprint density at radius 2 is 2.29 bits per heavy atom. The summed E-state index contributed by atoms with van der Waals surface area (Å²) in [6.45, 7) is 1.75. The minimum absolute atomic E-state index is 0.308. The van der Waals surface area contributed by atoms with E-state index in [2.05, 4.69) is 9.97 Å². The molecule has 70 valence electrons. The molecule has 0 saturated carbocycles. The summed E-state index contributed by atoms with van der Waals surface area (Å²) in [5.41, 5.74) is 0.949. The lowest BCUT2D eigenvalue weighted by Gasteiger charge is -1.97. The van der Waals surface area contributed by atoms with Crippen molar-refractivity contribution in [3.8, 4) is 11.5 Å². The Labute approximate surface area is 80.3 Å². The molecule has 0 aromatic carbocycles. The van der Waals surface area contributed by atoms with Gasteiger partial charge >= 0.3 is 5.63 Å². The van der Waals surface area contributed by atoms with Crippen LogP contribution in [0.4, 0.5) is 0 Å². The molecule has 0 N–H and O–H groups in total. The highest BCUT2D eigenvalue weighted by atomic mass is 16.4. The van der Waals surface area contributed by atoms with Gasteiger partial charge in [-0.25, -0.2) is 9.78 Å². The van der Waals surface area contributed by atoms with Gasteiger partial charge in [-0.05, 0) is 19.1 Å². The van der Waals surface area contributed by atoms with E-state index in [1.54, 1.807) is 31.5 Å². The second-order valence-electron chi connectivity index (χ2n) is 2.87. The van der Waals surface area contributed by atoms with E-state index in [1.807, 2.05) is 0 Å².